The van der Waals surface area contributed by atoms with Gasteiger partial charge in [0.2, 0.25) is 5.91 Å². The Balaban J connectivity index is 2.33. The molecule has 1 aliphatic heterocycles. The first-order chi connectivity index (χ1) is 7.50. The smallest absolute Gasteiger partial charge is 0.225 e. The van der Waals surface area contributed by atoms with Crippen LogP contribution in [-0.2, 0) is 4.79 Å². The van der Waals surface area contributed by atoms with Gasteiger partial charge in [0, 0.05) is 30.4 Å². The summed E-state index contributed by atoms with van der Waals surface area (Å²) in [6, 6.07) is -0.127. The number of aromatic nitrogens is 2. The lowest BCUT2D eigenvalue weighted by molar-refractivity contribution is -0.130. The standard InChI is InChI=1S/C11H18N4O/c1-6(2)15-9(16)4-8(12)10(15)11-13-5-7(3)14-11/h5-6,8,10H,4,12H2,1-3H3,(H,13,14)/t8-,10-/m0/s1. The topological polar surface area (TPSA) is 75.0 Å². The van der Waals surface area contributed by atoms with Crippen molar-refractivity contribution in [3.63, 3.8) is 0 Å². The van der Waals surface area contributed by atoms with Gasteiger partial charge < -0.3 is 15.6 Å². The van der Waals surface area contributed by atoms with Crippen LogP contribution in [0.5, 0.6) is 0 Å². The summed E-state index contributed by atoms with van der Waals surface area (Å²) >= 11 is 0. The number of aromatic amines is 1. The maximum absolute atomic E-state index is 11.8. The minimum absolute atomic E-state index is 0.110. The third-order valence-corrected chi connectivity index (χ3v) is 2.96. The number of H-pyrrole nitrogens is 1. The SMILES string of the molecule is Cc1cnc([C@@H]2[C@@H](N)CC(=O)N2C(C)C)[nH]1. The van der Waals surface area contributed by atoms with Crippen molar-refractivity contribution >= 4 is 5.91 Å². The van der Waals surface area contributed by atoms with Gasteiger partial charge in [-0.25, -0.2) is 4.98 Å². The Kier molecular flexibility index (Phi) is 2.71. The third-order valence-electron chi connectivity index (χ3n) is 2.96. The van der Waals surface area contributed by atoms with Crippen LogP contribution in [0.3, 0.4) is 0 Å². The second-order valence-corrected chi connectivity index (χ2v) is 4.66. The number of hydrogen-bond acceptors (Lipinski definition) is 3. The molecule has 88 valence electrons. The van der Waals surface area contributed by atoms with Gasteiger partial charge in [0.05, 0.1) is 0 Å². The van der Waals surface area contributed by atoms with Crippen molar-refractivity contribution in [1.29, 1.82) is 0 Å². The summed E-state index contributed by atoms with van der Waals surface area (Å²) in [6.07, 6.45) is 2.17. The van der Waals surface area contributed by atoms with Gasteiger partial charge in [0.15, 0.2) is 0 Å². The average molecular weight is 222 g/mol. The molecule has 1 saturated heterocycles. The number of carbonyl (C=O) groups excluding carboxylic acids is 1. The quantitative estimate of drug-likeness (QED) is 0.774. The Morgan fingerprint density at radius 1 is 1.62 bits per heavy atom. The van der Waals surface area contributed by atoms with Crippen LogP contribution in [0.1, 0.15) is 37.8 Å². The second-order valence-electron chi connectivity index (χ2n) is 4.66. The number of nitrogens with one attached hydrogen (secondary N) is 1. The van der Waals surface area contributed by atoms with Crippen molar-refractivity contribution in [2.75, 3.05) is 0 Å². The lowest BCUT2D eigenvalue weighted by Crippen LogP contribution is -2.38. The summed E-state index contributed by atoms with van der Waals surface area (Å²) in [5, 5.41) is 0. The normalized spacial score (nSPS) is 25.8. The van der Waals surface area contributed by atoms with Crippen LogP contribution < -0.4 is 5.73 Å². The van der Waals surface area contributed by atoms with Gasteiger partial charge in [-0.1, -0.05) is 0 Å². The summed E-state index contributed by atoms with van der Waals surface area (Å²) < 4.78 is 0. The molecule has 1 aromatic rings. The number of rotatable bonds is 2. The fourth-order valence-electron chi connectivity index (χ4n) is 2.31. The van der Waals surface area contributed by atoms with E-state index in [1.165, 1.54) is 0 Å². The summed E-state index contributed by atoms with van der Waals surface area (Å²) in [5.74, 6) is 0.908. The van der Waals surface area contributed by atoms with E-state index in [1.807, 2.05) is 25.7 Å². The molecule has 5 heteroatoms. The van der Waals surface area contributed by atoms with E-state index in [2.05, 4.69) is 9.97 Å². The van der Waals surface area contributed by atoms with E-state index >= 15 is 0 Å². The molecule has 0 bridgehead atoms. The Morgan fingerprint density at radius 3 is 2.81 bits per heavy atom. The molecule has 16 heavy (non-hydrogen) atoms. The van der Waals surface area contributed by atoms with E-state index in [9.17, 15) is 4.79 Å². The van der Waals surface area contributed by atoms with E-state index in [-0.39, 0.29) is 24.0 Å². The van der Waals surface area contributed by atoms with E-state index in [4.69, 9.17) is 5.73 Å². The largest absolute Gasteiger partial charge is 0.344 e. The summed E-state index contributed by atoms with van der Waals surface area (Å²) in [4.78, 5) is 21.1. The summed E-state index contributed by atoms with van der Waals surface area (Å²) in [7, 11) is 0. The van der Waals surface area contributed by atoms with Crippen LogP contribution in [0, 0.1) is 6.92 Å². The highest BCUT2D eigenvalue weighted by Crippen LogP contribution is 2.31. The molecule has 0 radical (unpaired) electrons. The molecule has 0 aromatic carbocycles. The number of imidazole rings is 1. The van der Waals surface area contributed by atoms with Gasteiger partial charge in [-0.15, -0.1) is 0 Å². The maximum Gasteiger partial charge on any atom is 0.225 e. The highest BCUT2D eigenvalue weighted by Gasteiger charge is 2.41. The van der Waals surface area contributed by atoms with Crippen molar-refractivity contribution in [3.8, 4) is 0 Å². The minimum atomic E-state index is -0.166. The molecule has 1 amide bonds. The average Bonchev–Trinajstić information content (AvgIpc) is 2.69. The van der Waals surface area contributed by atoms with Crippen molar-refractivity contribution in [3.05, 3.63) is 17.7 Å². The first-order valence-electron chi connectivity index (χ1n) is 5.59. The fraction of sp³-hybridized carbons (Fsp3) is 0.636. The Labute approximate surface area is 95.0 Å². The van der Waals surface area contributed by atoms with Crippen molar-refractivity contribution < 1.29 is 4.79 Å². The molecule has 0 spiro atoms. The number of carbonyl (C=O) groups is 1. The molecule has 5 nitrogen and oxygen atoms in total. The number of hydrogen-bond donors (Lipinski definition) is 2. The first-order valence-corrected chi connectivity index (χ1v) is 5.59. The zero-order chi connectivity index (χ0) is 11.9. The molecule has 1 aromatic heterocycles. The number of amides is 1. The lowest BCUT2D eigenvalue weighted by Gasteiger charge is -2.28. The van der Waals surface area contributed by atoms with Crippen LogP contribution in [0.2, 0.25) is 0 Å². The van der Waals surface area contributed by atoms with Crippen LogP contribution in [0.15, 0.2) is 6.20 Å². The third kappa shape index (κ3) is 1.71. The van der Waals surface area contributed by atoms with Gasteiger partial charge in [-0.05, 0) is 20.8 Å². The predicted molar refractivity (Wildman–Crippen MR) is 60.6 cm³/mol. The van der Waals surface area contributed by atoms with Gasteiger partial charge in [-0.3, -0.25) is 4.79 Å². The molecular formula is C11H18N4O. The zero-order valence-corrected chi connectivity index (χ0v) is 9.90. The molecule has 2 rings (SSSR count). The number of aryl methyl sites for hydroxylation is 1. The molecule has 0 saturated carbocycles. The van der Waals surface area contributed by atoms with Crippen molar-refractivity contribution in [2.24, 2.45) is 5.73 Å². The highest BCUT2D eigenvalue weighted by atomic mass is 16.2. The molecule has 2 heterocycles. The molecule has 0 aliphatic carbocycles. The Hall–Kier alpha value is -1.36. The van der Waals surface area contributed by atoms with Crippen molar-refractivity contribution in [1.82, 2.24) is 14.9 Å². The number of likely N-dealkylation sites (tertiary alicyclic amines) is 1. The molecule has 1 aliphatic rings. The Morgan fingerprint density at radius 2 is 2.31 bits per heavy atom. The van der Waals surface area contributed by atoms with Crippen molar-refractivity contribution in [2.45, 2.75) is 45.3 Å². The van der Waals surface area contributed by atoms with Gasteiger partial charge >= 0.3 is 0 Å². The van der Waals surface area contributed by atoms with Crippen LogP contribution in [0.4, 0.5) is 0 Å². The van der Waals surface area contributed by atoms with Gasteiger partial charge in [0.25, 0.3) is 0 Å². The zero-order valence-electron chi connectivity index (χ0n) is 9.90. The van der Waals surface area contributed by atoms with Crippen LogP contribution in [-0.4, -0.2) is 32.9 Å². The Bertz CT molecular complexity index is 398. The maximum atomic E-state index is 11.8. The predicted octanol–water partition coefficient (Wildman–Crippen LogP) is 0.727. The molecule has 3 N–H and O–H groups in total. The number of nitrogens with zero attached hydrogens (tertiary/aromatic N) is 2. The number of nitrogens with two attached hydrogens (primary N) is 1. The van der Waals surface area contributed by atoms with E-state index in [0.717, 1.165) is 11.5 Å². The second kappa shape index (κ2) is 3.90. The summed E-state index contributed by atoms with van der Waals surface area (Å²) in [5.41, 5.74) is 7.01. The van der Waals surface area contributed by atoms with Crippen LogP contribution in [0.25, 0.3) is 0 Å². The lowest BCUT2D eigenvalue weighted by atomic mass is 10.1. The van der Waals surface area contributed by atoms with E-state index in [1.54, 1.807) is 6.20 Å². The first kappa shape index (κ1) is 11.1. The monoisotopic (exact) mass is 222 g/mol. The highest BCUT2D eigenvalue weighted by molar-refractivity contribution is 5.80. The van der Waals surface area contributed by atoms with Gasteiger partial charge in [-0.2, -0.15) is 0 Å². The van der Waals surface area contributed by atoms with Gasteiger partial charge in [0.1, 0.15) is 11.9 Å². The molecule has 2 atom stereocenters. The molecule has 0 unspecified atom stereocenters. The van der Waals surface area contributed by atoms with Crippen LogP contribution >= 0.6 is 0 Å². The summed E-state index contributed by atoms with van der Waals surface area (Å²) in [6.45, 7) is 5.94. The van der Waals surface area contributed by atoms with E-state index < -0.39 is 0 Å². The van der Waals surface area contributed by atoms with E-state index in [0.29, 0.717) is 6.42 Å². The molecular weight excluding hydrogens is 204 g/mol. The molecule has 1 fully saturated rings. The minimum Gasteiger partial charge on any atom is -0.344 e. The fourth-order valence-corrected chi connectivity index (χ4v) is 2.31.